The lowest BCUT2D eigenvalue weighted by Crippen LogP contribution is -2.15. The Bertz CT molecular complexity index is 763. The number of hydrogen-bond acceptors (Lipinski definition) is 4. The normalized spacial score (nSPS) is 10.5. The van der Waals surface area contributed by atoms with Gasteiger partial charge < -0.3 is 14.8 Å². The number of benzene rings is 2. The fourth-order valence-corrected chi connectivity index (χ4v) is 2.31. The van der Waals surface area contributed by atoms with E-state index in [4.69, 9.17) is 4.74 Å². The van der Waals surface area contributed by atoms with Crippen molar-refractivity contribution < 1.29 is 27.8 Å². The van der Waals surface area contributed by atoms with Crippen LogP contribution in [0.5, 0.6) is 11.5 Å². The van der Waals surface area contributed by atoms with Crippen LogP contribution < -0.4 is 14.8 Å². The van der Waals surface area contributed by atoms with Crippen molar-refractivity contribution >= 4 is 17.4 Å². The third-order valence-corrected chi connectivity index (χ3v) is 3.61. The Labute approximate surface area is 156 Å². The quantitative estimate of drug-likeness (QED) is 0.611. The number of hydrogen-bond donors (Lipinski definition) is 1. The summed E-state index contributed by atoms with van der Waals surface area (Å²) in [5.74, 6) is -0.0995. The van der Waals surface area contributed by atoms with Gasteiger partial charge in [-0.2, -0.15) is 8.78 Å². The predicted octanol–water partition coefficient (Wildman–Crippen LogP) is 4.68. The number of para-hydroxylation sites is 2. The zero-order valence-electron chi connectivity index (χ0n) is 14.9. The number of rotatable bonds is 10. The summed E-state index contributed by atoms with van der Waals surface area (Å²) in [4.78, 5) is 24.2. The lowest BCUT2D eigenvalue weighted by molar-refractivity contribution is -0.116. The van der Waals surface area contributed by atoms with E-state index in [-0.39, 0.29) is 30.1 Å². The number of Topliss-reactive ketones (excluding diaryl/α,β-unsaturated/α-hetero) is 1. The Balaban J connectivity index is 1.87. The molecule has 0 aliphatic rings. The molecule has 5 nitrogen and oxygen atoms in total. The molecule has 0 unspecified atom stereocenters. The number of ether oxygens (including phenoxy) is 2. The molecule has 0 atom stereocenters. The van der Waals surface area contributed by atoms with Crippen LogP contribution in [0.1, 0.15) is 36.5 Å². The summed E-state index contributed by atoms with van der Waals surface area (Å²) in [6.07, 6.45) is 0.816. The Morgan fingerprint density at radius 1 is 1.04 bits per heavy atom. The molecule has 7 heteroatoms. The van der Waals surface area contributed by atoms with Gasteiger partial charge in [-0.05, 0) is 42.8 Å². The van der Waals surface area contributed by atoms with Crippen molar-refractivity contribution in [2.45, 2.75) is 32.8 Å². The molecule has 27 heavy (non-hydrogen) atoms. The van der Waals surface area contributed by atoms with Gasteiger partial charge in [0.25, 0.3) is 0 Å². The maximum absolute atomic E-state index is 12.4. The standard InChI is InChI=1S/C20H21F2NO4/c1-2-13-26-15-9-7-14(8-10-15)17(24)11-12-19(25)23-16-5-3-4-6-18(16)27-20(21)22/h3-10,20H,2,11-13H2,1H3,(H,23,25). The zero-order valence-corrected chi connectivity index (χ0v) is 14.9. The number of ketones is 1. The van der Waals surface area contributed by atoms with Crippen LogP contribution in [0.4, 0.5) is 14.5 Å². The van der Waals surface area contributed by atoms with Gasteiger partial charge in [-0.25, -0.2) is 0 Å². The van der Waals surface area contributed by atoms with Crippen LogP contribution in [0, 0.1) is 0 Å². The van der Waals surface area contributed by atoms with Crippen LogP contribution >= 0.6 is 0 Å². The maximum Gasteiger partial charge on any atom is 0.387 e. The van der Waals surface area contributed by atoms with Gasteiger partial charge >= 0.3 is 6.61 Å². The minimum absolute atomic E-state index is 0.00112. The number of halogens is 2. The Hall–Kier alpha value is -2.96. The molecule has 1 N–H and O–H groups in total. The van der Waals surface area contributed by atoms with Gasteiger partial charge in [0.15, 0.2) is 5.78 Å². The van der Waals surface area contributed by atoms with E-state index in [9.17, 15) is 18.4 Å². The zero-order chi connectivity index (χ0) is 19.6. The fourth-order valence-electron chi connectivity index (χ4n) is 2.31. The second-order valence-electron chi connectivity index (χ2n) is 5.72. The average molecular weight is 377 g/mol. The van der Waals surface area contributed by atoms with Gasteiger partial charge in [0.05, 0.1) is 12.3 Å². The first-order valence-corrected chi connectivity index (χ1v) is 8.59. The highest BCUT2D eigenvalue weighted by Gasteiger charge is 2.13. The molecule has 144 valence electrons. The number of amides is 1. The third-order valence-electron chi connectivity index (χ3n) is 3.61. The van der Waals surface area contributed by atoms with Crippen molar-refractivity contribution in [3.05, 3.63) is 54.1 Å². The highest BCUT2D eigenvalue weighted by molar-refractivity contribution is 6.00. The van der Waals surface area contributed by atoms with Crippen LogP contribution in [0.2, 0.25) is 0 Å². The fraction of sp³-hybridized carbons (Fsp3) is 0.300. The lowest BCUT2D eigenvalue weighted by atomic mass is 10.1. The average Bonchev–Trinajstić information content (AvgIpc) is 2.66. The van der Waals surface area contributed by atoms with Crippen LogP contribution in [0.15, 0.2) is 48.5 Å². The summed E-state index contributed by atoms with van der Waals surface area (Å²) >= 11 is 0. The SMILES string of the molecule is CCCOc1ccc(C(=O)CCC(=O)Nc2ccccc2OC(F)F)cc1. The molecule has 0 saturated carbocycles. The second-order valence-corrected chi connectivity index (χ2v) is 5.72. The van der Waals surface area contributed by atoms with Crippen molar-refractivity contribution in [1.82, 2.24) is 0 Å². The molecule has 0 fully saturated rings. The van der Waals surface area contributed by atoms with Gasteiger partial charge in [-0.3, -0.25) is 9.59 Å². The minimum atomic E-state index is -2.99. The van der Waals surface area contributed by atoms with E-state index in [0.29, 0.717) is 17.9 Å². The largest absolute Gasteiger partial charge is 0.494 e. The highest BCUT2D eigenvalue weighted by atomic mass is 19.3. The van der Waals surface area contributed by atoms with Gasteiger partial charge in [-0.15, -0.1) is 0 Å². The van der Waals surface area contributed by atoms with Crippen molar-refractivity contribution in [2.75, 3.05) is 11.9 Å². The first kappa shape index (κ1) is 20.4. The van der Waals surface area contributed by atoms with Gasteiger partial charge in [-0.1, -0.05) is 19.1 Å². The summed E-state index contributed by atoms with van der Waals surface area (Å²) < 4.78 is 34.6. The minimum Gasteiger partial charge on any atom is -0.494 e. The molecular formula is C20H21F2NO4. The van der Waals surface area contributed by atoms with E-state index in [1.165, 1.54) is 18.2 Å². The molecule has 0 bridgehead atoms. The lowest BCUT2D eigenvalue weighted by Gasteiger charge is -2.11. The number of carbonyl (C=O) groups excluding carboxylic acids is 2. The molecule has 2 rings (SSSR count). The Morgan fingerprint density at radius 3 is 2.41 bits per heavy atom. The first-order valence-electron chi connectivity index (χ1n) is 8.59. The molecule has 1 amide bonds. The molecule has 2 aromatic carbocycles. The van der Waals surface area contributed by atoms with Gasteiger partial charge in [0.2, 0.25) is 5.91 Å². The van der Waals surface area contributed by atoms with Crippen molar-refractivity contribution in [3.63, 3.8) is 0 Å². The third kappa shape index (κ3) is 6.69. The molecule has 0 spiro atoms. The second kappa shape index (κ2) is 10.3. The summed E-state index contributed by atoms with van der Waals surface area (Å²) in [6, 6.07) is 12.6. The number of anilines is 1. The van der Waals surface area contributed by atoms with E-state index in [1.54, 1.807) is 30.3 Å². The Morgan fingerprint density at radius 2 is 1.74 bits per heavy atom. The predicted molar refractivity (Wildman–Crippen MR) is 97.5 cm³/mol. The van der Waals surface area contributed by atoms with Gasteiger partial charge in [0, 0.05) is 18.4 Å². The van der Waals surface area contributed by atoms with Crippen molar-refractivity contribution in [2.24, 2.45) is 0 Å². The van der Waals surface area contributed by atoms with E-state index >= 15 is 0 Å². The number of carbonyl (C=O) groups is 2. The van der Waals surface area contributed by atoms with E-state index < -0.39 is 12.5 Å². The van der Waals surface area contributed by atoms with Crippen LogP contribution in [-0.4, -0.2) is 24.9 Å². The summed E-state index contributed by atoms with van der Waals surface area (Å²) in [5.41, 5.74) is 0.612. The van der Waals surface area contributed by atoms with Crippen LogP contribution in [0.3, 0.4) is 0 Å². The molecule has 2 aromatic rings. The molecule has 0 aliphatic carbocycles. The summed E-state index contributed by atoms with van der Waals surface area (Å²) in [5, 5.41) is 2.49. The molecule has 0 heterocycles. The highest BCUT2D eigenvalue weighted by Crippen LogP contribution is 2.25. The van der Waals surface area contributed by atoms with Crippen LogP contribution in [-0.2, 0) is 4.79 Å². The number of nitrogens with one attached hydrogen (secondary N) is 1. The first-order chi connectivity index (χ1) is 13.0. The monoisotopic (exact) mass is 377 g/mol. The van der Waals surface area contributed by atoms with E-state index in [1.807, 2.05) is 6.92 Å². The molecule has 0 radical (unpaired) electrons. The van der Waals surface area contributed by atoms with Crippen molar-refractivity contribution in [3.8, 4) is 11.5 Å². The summed E-state index contributed by atoms with van der Waals surface area (Å²) in [7, 11) is 0. The van der Waals surface area contributed by atoms with E-state index in [2.05, 4.69) is 10.1 Å². The summed E-state index contributed by atoms with van der Waals surface area (Å²) in [6.45, 7) is -0.389. The molecule has 0 aromatic heterocycles. The molecule has 0 saturated heterocycles. The van der Waals surface area contributed by atoms with Crippen molar-refractivity contribution in [1.29, 1.82) is 0 Å². The molecule has 0 aliphatic heterocycles. The van der Waals surface area contributed by atoms with Gasteiger partial charge in [0.1, 0.15) is 11.5 Å². The Kier molecular flexibility index (Phi) is 7.73. The van der Waals surface area contributed by atoms with E-state index in [0.717, 1.165) is 6.42 Å². The maximum atomic E-state index is 12.4. The smallest absolute Gasteiger partial charge is 0.387 e. The van der Waals surface area contributed by atoms with Crippen LogP contribution in [0.25, 0.3) is 0 Å². The molecular weight excluding hydrogens is 356 g/mol. The number of alkyl halides is 2. The topological polar surface area (TPSA) is 64.6 Å².